The van der Waals surface area contributed by atoms with E-state index in [0.29, 0.717) is 0 Å². The molecule has 0 amide bonds. The number of furan rings is 1. The minimum atomic E-state index is 0. The van der Waals surface area contributed by atoms with Gasteiger partial charge in [0.1, 0.15) is 5.76 Å². The third-order valence-corrected chi connectivity index (χ3v) is 4.90. The van der Waals surface area contributed by atoms with Crippen molar-refractivity contribution in [1.82, 2.24) is 15.5 Å². The molecule has 0 saturated carbocycles. The minimum Gasteiger partial charge on any atom is -0.468 e. The highest BCUT2D eigenvalue weighted by molar-refractivity contribution is 14.0. The van der Waals surface area contributed by atoms with Gasteiger partial charge in [-0.15, -0.1) is 24.0 Å². The van der Waals surface area contributed by atoms with E-state index in [9.17, 15) is 0 Å². The Morgan fingerprint density at radius 1 is 1.33 bits per heavy atom. The first kappa shape index (κ1) is 21.6. The van der Waals surface area contributed by atoms with Crippen LogP contribution in [-0.4, -0.2) is 56.1 Å². The lowest BCUT2D eigenvalue weighted by Gasteiger charge is -2.26. The monoisotopic (exact) mass is 466 g/mol. The summed E-state index contributed by atoms with van der Waals surface area (Å²) in [5.74, 6) is 3.14. The van der Waals surface area contributed by atoms with Crippen molar-refractivity contribution in [2.75, 3.05) is 45.2 Å². The van der Waals surface area contributed by atoms with Crippen LogP contribution in [0.3, 0.4) is 0 Å². The number of hydrogen-bond acceptors (Lipinski definition) is 4. The Labute approximate surface area is 167 Å². The molecule has 1 unspecified atom stereocenters. The van der Waals surface area contributed by atoms with Crippen LogP contribution in [0.5, 0.6) is 0 Å². The Hall–Kier alpha value is -0.410. The van der Waals surface area contributed by atoms with Gasteiger partial charge < -0.3 is 15.1 Å². The fraction of sp³-hybridized carbons (Fsp3) is 0.706. The van der Waals surface area contributed by atoms with Crippen LogP contribution in [0.15, 0.2) is 27.8 Å². The summed E-state index contributed by atoms with van der Waals surface area (Å²) in [6.45, 7) is 4.08. The molecular weight excluding hydrogens is 435 g/mol. The maximum Gasteiger partial charge on any atom is 0.191 e. The molecule has 1 aromatic heterocycles. The second-order valence-electron chi connectivity index (χ2n) is 5.85. The Balaban J connectivity index is 0.00000288. The highest BCUT2D eigenvalue weighted by Crippen LogP contribution is 2.24. The third kappa shape index (κ3) is 7.23. The van der Waals surface area contributed by atoms with Crippen molar-refractivity contribution in [1.29, 1.82) is 0 Å². The first-order valence-electron chi connectivity index (χ1n) is 8.56. The van der Waals surface area contributed by atoms with Crippen molar-refractivity contribution in [3.63, 3.8) is 0 Å². The van der Waals surface area contributed by atoms with Gasteiger partial charge in [-0.05, 0) is 62.9 Å². The number of hydrogen-bond donors (Lipinski definition) is 2. The molecule has 1 fully saturated rings. The van der Waals surface area contributed by atoms with Gasteiger partial charge in [0.25, 0.3) is 0 Å². The molecule has 7 heteroatoms. The number of rotatable bonds is 9. The average molecular weight is 466 g/mol. The first-order valence-corrected chi connectivity index (χ1v) is 9.95. The van der Waals surface area contributed by atoms with Crippen LogP contribution in [0.25, 0.3) is 0 Å². The molecule has 1 aliphatic rings. The van der Waals surface area contributed by atoms with Crippen molar-refractivity contribution >= 4 is 41.7 Å². The normalized spacial score (nSPS) is 16.7. The van der Waals surface area contributed by atoms with E-state index in [1.54, 1.807) is 6.26 Å². The van der Waals surface area contributed by atoms with Crippen molar-refractivity contribution in [3.05, 3.63) is 24.2 Å². The van der Waals surface area contributed by atoms with Crippen LogP contribution in [0.1, 0.15) is 37.5 Å². The predicted octanol–water partition coefficient (Wildman–Crippen LogP) is 3.34. The zero-order valence-electron chi connectivity index (χ0n) is 14.8. The van der Waals surface area contributed by atoms with Gasteiger partial charge >= 0.3 is 0 Å². The molecule has 2 heterocycles. The molecule has 2 N–H and O–H groups in total. The number of aliphatic imine (C=N–C) groups is 1. The second-order valence-corrected chi connectivity index (χ2v) is 6.84. The van der Waals surface area contributed by atoms with Crippen LogP contribution in [0.4, 0.5) is 0 Å². The van der Waals surface area contributed by atoms with E-state index in [-0.39, 0.29) is 30.0 Å². The van der Waals surface area contributed by atoms with Crippen LogP contribution in [-0.2, 0) is 0 Å². The number of nitrogens with one attached hydrogen (secondary N) is 2. The van der Waals surface area contributed by atoms with Crippen LogP contribution in [0, 0.1) is 0 Å². The Morgan fingerprint density at radius 3 is 2.75 bits per heavy atom. The Bertz CT molecular complexity index is 449. The fourth-order valence-electron chi connectivity index (χ4n) is 2.94. The van der Waals surface area contributed by atoms with Crippen LogP contribution >= 0.6 is 35.7 Å². The van der Waals surface area contributed by atoms with Crippen molar-refractivity contribution in [3.8, 4) is 0 Å². The zero-order chi connectivity index (χ0) is 16.3. The molecule has 0 spiro atoms. The molecule has 0 aliphatic carbocycles. The highest BCUT2D eigenvalue weighted by atomic mass is 127. The standard InChI is InChI=1S/C17H30N4OS.HI/c1-18-17(19-9-3-6-13-23-2)20-14-15(16-8-7-12-22-16)21-10-4-5-11-21;/h7-8,12,15H,3-6,9-11,13-14H2,1-2H3,(H2,18,19,20);1H. The number of halogens is 1. The SMILES string of the molecule is CN=C(NCCCCSC)NCC(c1ccco1)N1CCCC1.I. The minimum absolute atomic E-state index is 0. The molecule has 2 rings (SSSR count). The molecule has 0 bridgehead atoms. The van der Waals surface area contributed by atoms with Crippen molar-refractivity contribution in [2.45, 2.75) is 31.7 Å². The smallest absolute Gasteiger partial charge is 0.191 e. The van der Waals surface area contributed by atoms with E-state index in [2.05, 4.69) is 32.8 Å². The third-order valence-electron chi connectivity index (χ3n) is 4.21. The highest BCUT2D eigenvalue weighted by Gasteiger charge is 2.25. The number of thioether (sulfide) groups is 1. The van der Waals surface area contributed by atoms with Gasteiger partial charge in [0.2, 0.25) is 0 Å². The van der Waals surface area contributed by atoms with Crippen LogP contribution in [0.2, 0.25) is 0 Å². The van der Waals surface area contributed by atoms with Gasteiger partial charge in [-0.25, -0.2) is 0 Å². The van der Waals surface area contributed by atoms with E-state index < -0.39 is 0 Å². The predicted molar refractivity (Wildman–Crippen MR) is 115 cm³/mol. The van der Waals surface area contributed by atoms with E-state index in [4.69, 9.17) is 4.42 Å². The molecule has 5 nitrogen and oxygen atoms in total. The van der Waals surface area contributed by atoms with Gasteiger partial charge in [0, 0.05) is 20.1 Å². The van der Waals surface area contributed by atoms with Crippen molar-refractivity contribution in [2.24, 2.45) is 4.99 Å². The zero-order valence-corrected chi connectivity index (χ0v) is 17.9. The number of likely N-dealkylation sites (tertiary alicyclic amines) is 1. The van der Waals surface area contributed by atoms with Gasteiger partial charge in [-0.2, -0.15) is 11.8 Å². The average Bonchev–Trinajstić information content (AvgIpc) is 3.27. The molecular formula is C17H31IN4OS. The Kier molecular flexibility index (Phi) is 11.6. The van der Waals surface area contributed by atoms with E-state index in [0.717, 1.165) is 37.9 Å². The lowest BCUT2D eigenvalue weighted by Crippen LogP contribution is -2.42. The summed E-state index contributed by atoms with van der Waals surface area (Å²) in [6, 6.07) is 4.32. The van der Waals surface area contributed by atoms with Gasteiger partial charge in [0.15, 0.2) is 5.96 Å². The molecule has 0 aromatic carbocycles. The van der Waals surface area contributed by atoms with Gasteiger partial charge in [-0.3, -0.25) is 9.89 Å². The summed E-state index contributed by atoms with van der Waals surface area (Å²) >= 11 is 1.90. The molecule has 0 radical (unpaired) electrons. The summed E-state index contributed by atoms with van der Waals surface area (Å²) in [5, 5.41) is 6.86. The van der Waals surface area contributed by atoms with Crippen molar-refractivity contribution < 1.29 is 4.42 Å². The van der Waals surface area contributed by atoms with Gasteiger partial charge in [-0.1, -0.05) is 0 Å². The quantitative estimate of drug-likeness (QED) is 0.253. The number of unbranched alkanes of at least 4 members (excludes halogenated alkanes) is 1. The number of nitrogens with zero attached hydrogens (tertiary/aromatic N) is 2. The van der Waals surface area contributed by atoms with E-state index in [1.165, 1.54) is 31.4 Å². The molecule has 1 saturated heterocycles. The summed E-state index contributed by atoms with van der Waals surface area (Å²) in [4.78, 5) is 6.82. The number of guanidine groups is 1. The summed E-state index contributed by atoms with van der Waals surface area (Å²) in [5.41, 5.74) is 0. The lowest BCUT2D eigenvalue weighted by molar-refractivity contribution is 0.215. The van der Waals surface area contributed by atoms with Gasteiger partial charge in [0.05, 0.1) is 12.3 Å². The molecule has 24 heavy (non-hydrogen) atoms. The molecule has 1 aromatic rings. The second kappa shape index (κ2) is 12.9. The molecule has 138 valence electrons. The molecule has 1 atom stereocenters. The fourth-order valence-corrected chi connectivity index (χ4v) is 3.43. The summed E-state index contributed by atoms with van der Waals surface area (Å²) in [7, 11) is 1.83. The Morgan fingerprint density at radius 2 is 2.12 bits per heavy atom. The van der Waals surface area contributed by atoms with Crippen LogP contribution < -0.4 is 10.6 Å². The van der Waals surface area contributed by atoms with E-state index in [1.807, 2.05) is 24.9 Å². The first-order chi connectivity index (χ1) is 11.3. The summed E-state index contributed by atoms with van der Waals surface area (Å²) in [6.07, 6.45) is 8.89. The van der Waals surface area contributed by atoms with E-state index >= 15 is 0 Å². The topological polar surface area (TPSA) is 52.8 Å². The maximum atomic E-state index is 5.66. The largest absolute Gasteiger partial charge is 0.468 e. The lowest BCUT2D eigenvalue weighted by atomic mass is 10.2. The maximum absolute atomic E-state index is 5.66. The molecule has 1 aliphatic heterocycles. The summed E-state index contributed by atoms with van der Waals surface area (Å²) < 4.78 is 5.66.